The molecular formula is C35H43ClF4N6O3. The van der Waals surface area contributed by atoms with Crippen molar-refractivity contribution in [2.24, 2.45) is 5.41 Å². The summed E-state index contributed by atoms with van der Waals surface area (Å²) in [5, 5.41) is 0. The number of rotatable bonds is 11. The Bertz CT molecular complexity index is 1600. The van der Waals surface area contributed by atoms with Gasteiger partial charge in [0.05, 0.1) is 11.8 Å². The summed E-state index contributed by atoms with van der Waals surface area (Å²) in [5.41, 5.74) is 1.98. The quantitative estimate of drug-likeness (QED) is 0.152. The number of benzene rings is 1. The van der Waals surface area contributed by atoms with Crippen LogP contribution in [-0.2, 0) is 13.0 Å². The monoisotopic (exact) mass is 706 g/mol. The van der Waals surface area contributed by atoms with Gasteiger partial charge in [-0.25, -0.2) is 14.4 Å². The summed E-state index contributed by atoms with van der Waals surface area (Å²) >= 11 is 5.91. The molecular weight excluding hydrogens is 664 g/mol. The van der Waals surface area contributed by atoms with Crippen LogP contribution in [0.3, 0.4) is 0 Å². The first-order valence-corrected chi connectivity index (χ1v) is 17.3. The summed E-state index contributed by atoms with van der Waals surface area (Å²) in [7, 11) is 0. The van der Waals surface area contributed by atoms with Crippen molar-refractivity contribution in [1.82, 2.24) is 24.8 Å². The fraction of sp³-hybridized carbons (Fsp3) is 0.543. The molecule has 0 N–H and O–H groups in total. The highest BCUT2D eigenvalue weighted by Gasteiger charge is 2.54. The van der Waals surface area contributed by atoms with Gasteiger partial charge in [-0.15, -0.1) is 11.6 Å². The van der Waals surface area contributed by atoms with E-state index in [9.17, 15) is 22.4 Å². The lowest BCUT2D eigenvalue weighted by atomic mass is 9.61. The van der Waals surface area contributed by atoms with Crippen molar-refractivity contribution in [2.75, 3.05) is 43.5 Å². The summed E-state index contributed by atoms with van der Waals surface area (Å²) in [5.74, 6) is 0.367. The smallest absolute Gasteiger partial charge is 0.406 e. The number of carbonyl (C=O) groups excluding carboxylic acids is 1. The van der Waals surface area contributed by atoms with Gasteiger partial charge in [-0.1, -0.05) is 13.8 Å². The third-order valence-electron chi connectivity index (χ3n) is 9.01. The molecule has 0 unspecified atom stereocenters. The molecule has 0 bridgehead atoms. The van der Waals surface area contributed by atoms with Crippen LogP contribution >= 0.6 is 11.6 Å². The number of aromatic nitrogens is 3. The Labute approximate surface area is 289 Å². The Morgan fingerprint density at radius 1 is 1.12 bits per heavy atom. The molecule has 1 aromatic carbocycles. The molecule has 2 aromatic heterocycles. The van der Waals surface area contributed by atoms with Crippen LogP contribution in [0.5, 0.6) is 17.2 Å². The van der Waals surface area contributed by atoms with Gasteiger partial charge < -0.3 is 19.3 Å². The van der Waals surface area contributed by atoms with Crippen LogP contribution in [0.15, 0.2) is 43.0 Å². The molecule has 2 aliphatic heterocycles. The Kier molecular flexibility index (Phi) is 11.5. The summed E-state index contributed by atoms with van der Waals surface area (Å²) in [4.78, 5) is 31.4. The van der Waals surface area contributed by atoms with Crippen molar-refractivity contribution in [2.45, 2.75) is 78.2 Å². The minimum Gasteiger partial charge on any atom is -0.490 e. The van der Waals surface area contributed by atoms with Crippen molar-refractivity contribution in [3.63, 3.8) is 0 Å². The van der Waals surface area contributed by atoms with E-state index in [0.29, 0.717) is 29.7 Å². The molecule has 2 fully saturated rings. The van der Waals surface area contributed by atoms with Crippen LogP contribution in [0.4, 0.5) is 23.4 Å². The van der Waals surface area contributed by atoms with E-state index in [0.717, 1.165) is 74.5 Å². The molecule has 1 amide bonds. The number of amides is 1. The molecule has 3 aromatic rings. The number of hydrogen-bond acceptors (Lipinski definition) is 8. The standard InChI is InChI=1S/C33H37ClF4N6O3.C2H6/c1-21(2)44(19-33(36,37)38)31(45)24-12-22(35)4-5-27(24)47-29-15-39-20-41-30(29)43-17-32(18-43)13-23(14-32)46-28-6-9-40-26-7-11-42(10-3-8-34)16-25(26)28;1-2/h4-6,9,12,15,20-21,23H,3,7-8,10-11,13-14,16-19H2,1-2H3;1-2H3. The lowest BCUT2D eigenvalue weighted by Crippen LogP contribution is -2.65. The van der Waals surface area contributed by atoms with Crippen molar-refractivity contribution >= 4 is 23.3 Å². The minimum absolute atomic E-state index is 0.0543. The van der Waals surface area contributed by atoms with E-state index >= 15 is 0 Å². The summed E-state index contributed by atoms with van der Waals surface area (Å²) in [6, 6.07) is 4.36. The first-order chi connectivity index (χ1) is 23.4. The first kappa shape index (κ1) is 36.6. The topological polar surface area (TPSA) is 83.9 Å². The molecule has 9 nitrogen and oxygen atoms in total. The molecule has 14 heteroatoms. The van der Waals surface area contributed by atoms with Crippen molar-refractivity contribution in [3.05, 3.63) is 65.6 Å². The molecule has 6 rings (SSSR count). The van der Waals surface area contributed by atoms with E-state index in [2.05, 4.69) is 19.9 Å². The van der Waals surface area contributed by atoms with Gasteiger partial charge in [-0.3, -0.25) is 14.7 Å². The fourth-order valence-electron chi connectivity index (χ4n) is 6.73. The number of fused-ring (bicyclic) bond motifs is 1. The van der Waals surface area contributed by atoms with Crippen LogP contribution in [0.25, 0.3) is 0 Å². The number of anilines is 1. The third kappa shape index (κ3) is 8.54. The molecule has 0 radical (unpaired) electrons. The molecule has 3 aliphatic rings. The van der Waals surface area contributed by atoms with Gasteiger partial charge in [0.1, 0.15) is 36.3 Å². The number of pyridine rings is 1. The summed E-state index contributed by atoms with van der Waals surface area (Å²) < 4.78 is 66.6. The highest BCUT2D eigenvalue weighted by molar-refractivity contribution is 6.17. The Hall–Kier alpha value is -3.71. The van der Waals surface area contributed by atoms with Crippen LogP contribution in [-0.4, -0.2) is 87.6 Å². The second-order valence-corrected chi connectivity index (χ2v) is 13.3. The van der Waals surface area contributed by atoms with Crippen LogP contribution < -0.4 is 14.4 Å². The Morgan fingerprint density at radius 3 is 2.57 bits per heavy atom. The van der Waals surface area contributed by atoms with E-state index in [1.807, 2.05) is 31.0 Å². The second-order valence-electron chi connectivity index (χ2n) is 12.9. The van der Waals surface area contributed by atoms with Crippen LogP contribution in [0.1, 0.15) is 68.6 Å². The molecule has 1 saturated carbocycles. The molecule has 4 heterocycles. The number of hydrogen-bond donors (Lipinski definition) is 0. The summed E-state index contributed by atoms with van der Waals surface area (Å²) in [6.07, 6.45) is 3.65. The lowest BCUT2D eigenvalue weighted by Gasteiger charge is -2.59. The van der Waals surface area contributed by atoms with Gasteiger partial charge in [0.25, 0.3) is 5.91 Å². The number of carbonyl (C=O) groups is 1. The molecule has 1 aliphatic carbocycles. The van der Waals surface area contributed by atoms with Crippen molar-refractivity contribution < 1.29 is 31.8 Å². The van der Waals surface area contributed by atoms with Gasteiger partial charge in [0.15, 0.2) is 11.6 Å². The van der Waals surface area contributed by atoms with Gasteiger partial charge >= 0.3 is 6.18 Å². The lowest BCUT2D eigenvalue weighted by molar-refractivity contribution is -0.143. The normalized spacial score (nSPS) is 17.1. The van der Waals surface area contributed by atoms with Crippen molar-refractivity contribution in [1.29, 1.82) is 0 Å². The average Bonchev–Trinajstić information content (AvgIpc) is 3.04. The predicted octanol–water partition coefficient (Wildman–Crippen LogP) is 7.28. The SMILES string of the molecule is CC.CC(C)N(CC(F)(F)F)C(=O)c1cc(F)ccc1Oc1cncnc1N1CC2(CC(Oc3ccnc4c3CN(CCCCl)CC4)C2)C1. The van der Waals surface area contributed by atoms with E-state index < -0.39 is 30.5 Å². The average molecular weight is 707 g/mol. The highest BCUT2D eigenvalue weighted by Crippen LogP contribution is 2.52. The van der Waals surface area contributed by atoms with E-state index in [-0.39, 0.29) is 28.6 Å². The molecule has 266 valence electrons. The Morgan fingerprint density at radius 2 is 1.88 bits per heavy atom. The Balaban J connectivity index is 0.00000230. The zero-order chi connectivity index (χ0) is 35.3. The second kappa shape index (κ2) is 15.5. The van der Waals surface area contributed by atoms with Crippen molar-refractivity contribution in [3.8, 4) is 17.2 Å². The van der Waals surface area contributed by atoms with E-state index in [1.54, 1.807) is 0 Å². The van der Waals surface area contributed by atoms with E-state index in [1.165, 1.54) is 32.4 Å². The largest absolute Gasteiger partial charge is 0.490 e. The molecule has 1 spiro atoms. The number of ether oxygens (including phenoxy) is 2. The maximum absolute atomic E-state index is 14.3. The number of nitrogens with zero attached hydrogens (tertiary/aromatic N) is 6. The first-order valence-electron chi connectivity index (χ1n) is 16.8. The van der Waals surface area contributed by atoms with Gasteiger partial charge in [0.2, 0.25) is 0 Å². The van der Waals surface area contributed by atoms with Gasteiger partial charge in [0, 0.05) is 67.4 Å². The third-order valence-corrected chi connectivity index (χ3v) is 9.28. The number of alkyl halides is 4. The maximum Gasteiger partial charge on any atom is 0.406 e. The van der Waals surface area contributed by atoms with Crippen LogP contribution in [0.2, 0.25) is 0 Å². The predicted molar refractivity (Wildman–Crippen MR) is 179 cm³/mol. The highest BCUT2D eigenvalue weighted by atomic mass is 35.5. The zero-order valence-corrected chi connectivity index (χ0v) is 29.0. The molecule has 1 saturated heterocycles. The summed E-state index contributed by atoms with van der Waals surface area (Å²) in [6.45, 7) is 9.56. The molecule has 0 atom stereocenters. The minimum atomic E-state index is -4.63. The number of halogens is 5. The molecule has 49 heavy (non-hydrogen) atoms. The van der Waals surface area contributed by atoms with E-state index in [4.69, 9.17) is 21.1 Å². The van der Waals surface area contributed by atoms with Gasteiger partial charge in [-0.05, 0) is 63.9 Å². The van der Waals surface area contributed by atoms with Gasteiger partial charge in [-0.2, -0.15) is 13.2 Å². The van der Waals surface area contributed by atoms with Crippen LogP contribution in [0, 0.1) is 11.2 Å². The fourth-order valence-corrected chi connectivity index (χ4v) is 6.84. The maximum atomic E-state index is 14.3. The zero-order valence-electron chi connectivity index (χ0n) is 28.3.